The molecule has 5 rings (SSSR count). The number of aliphatic hydroxyl groups is 3. The molecule has 1 fully saturated rings. The highest BCUT2D eigenvalue weighted by atomic mass is 16.3. The number of aromatic hydroxyl groups is 1. The fraction of sp³-hybridized carbons (Fsp3) is 0.367. The van der Waals surface area contributed by atoms with Crippen LogP contribution >= 0.6 is 0 Å². The maximum atomic E-state index is 13.9. The Hall–Kier alpha value is -3.71. The van der Waals surface area contributed by atoms with Gasteiger partial charge in [0.1, 0.15) is 22.8 Å². The van der Waals surface area contributed by atoms with E-state index in [0.717, 1.165) is 23.6 Å². The minimum Gasteiger partial charge on any atom is -0.508 e. The Bertz CT molecular complexity index is 1430. The molecule has 7 heteroatoms. The van der Waals surface area contributed by atoms with Gasteiger partial charge in [0.15, 0.2) is 17.2 Å². The number of phenols is 1. The average molecular weight is 503 g/mol. The lowest BCUT2D eigenvalue weighted by Crippen LogP contribution is -2.61. The van der Waals surface area contributed by atoms with E-state index in [9.17, 15) is 34.8 Å². The number of carbonyl (C=O) groups excluding carboxylic acids is 3. The van der Waals surface area contributed by atoms with Crippen LogP contribution in [0.1, 0.15) is 43.9 Å². The summed E-state index contributed by atoms with van der Waals surface area (Å²) in [6.07, 6.45) is 0.418. The van der Waals surface area contributed by atoms with Crippen LogP contribution in [0.15, 0.2) is 53.3 Å². The predicted molar refractivity (Wildman–Crippen MR) is 137 cm³/mol. The molecular weight excluding hydrogens is 472 g/mol. The third-order valence-electron chi connectivity index (χ3n) is 8.32. The molecule has 4 unspecified atom stereocenters. The summed E-state index contributed by atoms with van der Waals surface area (Å²) in [6, 6.07) is 11.0. The van der Waals surface area contributed by atoms with Crippen molar-refractivity contribution in [2.24, 2.45) is 23.7 Å². The highest BCUT2D eigenvalue weighted by Crippen LogP contribution is 2.55. The molecule has 2 aromatic rings. The first kappa shape index (κ1) is 25.0. The summed E-state index contributed by atoms with van der Waals surface area (Å²) < 4.78 is 0. The van der Waals surface area contributed by atoms with Crippen molar-refractivity contribution in [3.8, 4) is 16.9 Å². The van der Waals surface area contributed by atoms with Crippen molar-refractivity contribution in [1.29, 1.82) is 0 Å². The lowest BCUT2D eigenvalue weighted by molar-refractivity contribution is -0.155. The number of rotatable bonds is 3. The number of allylic oxidation sites excluding steroid dienone is 1. The summed E-state index contributed by atoms with van der Waals surface area (Å²) >= 11 is 0. The Morgan fingerprint density at radius 3 is 2.27 bits per heavy atom. The Balaban J connectivity index is 1.74. The molecule has 3 aliphatic rings. The van der Waals surface area contributed by atoms with Gasteiger partial charge in [-0.15, -0.1) is 0 Å². The minimum absolute atomic E-state index is 0.103. The van der Waals surface area contributed by atoms with E-state index in [2.05, 4.69) is 0 Å². The molecule has 0 aliphatic heterocycles. The van der Waals surface area contributed by atoms with Gasteiger partial charge in [-0.1, -0.05) is 49.7 Å². The van der Waals surface area contributed by atoms with Crippen LogP contribution < -0.4 is 0 Å². The summed E-state index contributed by atoms with van der Waals surface area (Å²) in [5.41, 5.74) is 0.357. The van der Waals surface area contributed by atoms with Crippen LogP contribution in [-0.4, -0.2) is 43.4 Å². The quantitative estimate of drug-likeness (QED) is 0.458. The van der Waals surface area contributed by atoms with E-state index in [1.807, 2.05) is 31.2 Å². The Labute approximate surface area is 214 Å². The molecule has 37 heavy (non-hydrogen) atoms. The third kappa shape index (κ3) is 3.40. The molecular formula is C30H30O7. The molecule has 0 spiro atoms. The molecule has 4 N–H and O–H groups in total. The lowest BCUT2D eigenvalue weighted by atomic mass is 9.54. The van der Waals surface area contributed by atoms with Gasteiger partial charge in [0.2, 0.25) is 5.78 Å². The van der Waals surface area contributed by atoms with Gasteiger partial charge in [0.25, 0.3) is 0 Å². The summed E-state index contributed by atoms with van der Waals surface area (Å²) in [6.45, 7) is 6.64. The zero-order chi connectivity index (χ0) is 27.0. The molecule has 0 saturated heterocycles. The number of benzene rings is 2. The standard InChI is InChI=1S/C30H30O7/c1-13(2)22-20-12-17-11-19-18(16-7-5-14(3)6-8-16)9-10-21(32)25(19)27(34)24(17)29(36)30(20,37)28(35)23(15(4)31)26(22)33/h5-10,13,17,20,22,32,34-35,37H,11-12H2,1-4H3. The van der Waals surface area contributed by atoms with Gasteiger partial charge in [0.05, 0.1) is 5.56 Å². The van der Waals surface area contributed by atoms with Crippen molar-refractivity contribution in [3.05, 3.63) is 70.0 Å². The van der Waals surface area contributed by atoms with Crippen molar-refractivity contribution >= 4 is 23.1 Å². The number of Topliss-reactive ketones (excluding diaryl/α,β-unsaturated/α-hetero) is 3. The maximum absolute atomic E-state index is 13.9. The third-order valence-corrected chi connectivity index (χ3v) is 8.32. The summed E-state index contributed by atoms with van der Waals surface area (Å²) in [5, 5.41) is 44.8. The van der Waals surface area contributed by atoms with Crippen LogP contribution in [0.4, 0.5) is 0 Å². The van der Waals surface area contributed by atoms with Crippen LogP contribution in [0, 0.1) is 30.6 Å². The molecule has 7 nitrogen and oxygen atoms in total. The van der Waals surface area contributed by atoms with Crippen LogP contribution in [0.3, 0.4) is 0 Å². The topological polar surface area (TPSA) is 132 Å². The summed E-state index contributed by atoms with van der Waals surface area (Å²) in [5.74, 6) is -6.57. The number of carbonyl (C=O) groups is 3. The van der Waals surface area contributed by atoms with Gasteiger partial charge in [-0.3, -0.25) is 14.4 Å². The molecule has 3 aliphatic carbocycles. The zero-order valence-electron chi connectivity index (χ0n) is 21.2. The van der Waals surface area contributed by atoms with Crippen LogP contribution in [0.5, 0.6) is 5.75 Å². The van der Waals surface area contributed by atoms with Gasteiger partial charge in [-0.05, 0) is 61.3 Å². The van der Waals surface area contributed by atoms with Crippen LogP contribution in [0.25, 0.3) is 16.9 Å². The molecule has 0 amide bonds. The molecule has 192 valence electrons. The van der Waals surface area contributed by atoms with Gasteiger partial charge in [-0.2, -0.15) is 0 Å². The van der Waals surface area contributed by atoms with Gasteiger partial charge in [0, 0.05) is 17.4 Å². The fourth-order valence-corrected chi connectivity index (χ4v) is 6.59. The monoisotopic (exact) mass is 502 g/mol. The molecule has 1 saturated carbocycles. The normalized spacial score (nSPS) is 27.2. The number of hydrogen-bond acceptors (Lipinski definition) is 7. The van der Waals surface area contributed by atoms with Crippen molar-refractivity contribution in [2.75, 3.05) is 0 Å². The van der Waals surface area contributed by atoms with Gasteiger partial charge in [-0.25, -0.2) is 0 Å². The van der Waals surface area contributed by atoms with Crippen molar-refractivity contribution in [3.63, 3.8) is 0 Å². The van der Waals surface area contributed by atoms with E-state index in [1.165, 1.54) is 6.07 Å². The number of hydrogen-bond donors (Lipinski definition) is 4. The first-order valence-corrected chi connectivity index (χ1v) is 12.5. The first-order chi connectivity index (χ1) is 17.4. The molecule has 0 radical (unpaired) electrons. The minimum atomic E-state index is -2.52. The fourth-order valence-electron chi connectivity index (χ4n) is 6.59. The molecule has 0 bridgehead atoms. The molecule has 0 heterocycles. The average Bonchev–Trinajstić information content (AvgIpc) is 2.82. The van der Waals surface area contributed by atoms with Crippen molar-refractivity contribution in [1.82, 2.24) is 0 Å². The van der Waals surface area contributed by atoms with Gasteiger partial charge >= 0.3 is 0 Å². The van der Waals surface area contributed by atoms with Crippen LogP contribution in [-0.2, 0) is 20.8 Å². The second-order valence-corrected chi connectivity index (χ2v) is 10.9. The maximum Gasteiger partial charge on any atom is 0.202 e. The number of phenolic OH excluding ortho intramolecular Hbond substituents is 1. The van der Waals surface area contributed by atoms with E-state index < -0.39 is 57.8 Å². The van der Waals surface area contributed by atoms with Crippen LogP contribution in [0.2, 0.25) is 0 Å². The number of fused-ring (bicyclic) bond motifs is 3. The largest absolute Gasteiger partial charge is 0.508 e. The van der Waals surface area contributed by atoms with E-state index in [4.69, 9.17) is 0 Å². The van der Waals surface area contributed by atoms with Crippen molar-refractivity contribution in [2.45, 2.75) is 46.1 Å². The lowest BCUT2D eigenvalue weighted by Gasteiger charge is -2.50. The highest BCUT2D eigenvalue weighted by molar-refractivity contribution is 6.24. The van der Waals surface area contributed by atoms with E-state index in [1.54, 1.807) is 19.9 Å². The number of aliphatic hydroxyl groups excluding tert-OH is 2. The second-order valence-electron chi connectivity index (χ2n) is 10.9. The number of aryl methyl sites for hydroxylation is 1. The first-order valence-electron chi connectivity index (χ1n) is 12.5. The summed E-state index contributed by atoms with van der Waals surface area (Å²) in [4.78, 5) is 39.5. The van der Waals surface area contributed by atoms with E-state index in [-0.39, 0.29) is 35.6 Å². The van der Waals surface area contributed by atoms with E-state index >= 15 is 0 Å². The zero-order valence-corrected chi connectivity index (χ0v) is 21.2. The molecule has 0 aromatic heterocycles. The summed E-state index contributed by atoms with van der Waals surface area (Å²) in [7, 11) is 0. The second kappa shape index (κ2) is 8.42. The highest BCUT2D eigenvalue weighted by Gasteiger charge is 2.63. The van der Waals surface area contributed by atoms with Crippen molar-refractivity contribution < 1.29 is 34.8 Å². The van der Waals surface area contributed by atoms with Gasteiger partial charge < -0.3 is 20.4 Å². The smallest absolute Gasteiger partial charge is 0.202 e. The Morgan fingerprint density at radius 1 is 1.03 bits per heavy atom. The molecule has 4 atom stereocenters. The van der Waals surface area contributed by atoms with E-state index in [0.29, 0.717) is 5.56 Å². The Morgan fingerprint density at radius 2 is 1.68 bits per heavy atom. The Kier molecular flexibility index (Phi) is 5.68. The SMILES string of the molecule is CC(=O)C1=C(O)C2(O)C(=O)C3=C(O)c4c(O)ccc(-c5ccc(C)cc5)c4CC3CC2C(C(C)C)C1=O. The molecule has 2 aromatic carbocycles. The number of ketones is 3. The predicted octanol–water partition coefficient (Wildman–Crippen LogP) is 4.39.